The van der Waals surface area contributed by atoms with Crippen LogP contribution in [-0.2, 0) is 0 Å². The lowest BCUT2D eigenvalue weighted by Gasteiger charge is -2.60. The summed E-state index contributed by atoms with van der Waals surface area (Å²) in [4.78, 5) is 22.9. The van der Waals surface area contributed by atoms with E-state index in [1.165, 1.54) is 0 Å². The Hall–Kier alpha value is -2.48. The normalized spacial score (nSPS) is 20.3. The smallest absolute Gasteiger partial charge is 0.324 e. The first-order valence-corrected chi connectivity index (χ1v) is 8.95. The maximum absolute atomic E-state index is 12.9. The molecule has 2 amide bonds. The highest BCUT2D eigenvalue weighted by atomic mass is 35.5. The summed E-state index contributed by atoms with van der Waals surface area (Å²) in [5.74, 6) is 1.86. The van der Waals surface area contributed by atoms with Gasteiger partial charge in [0.25, 0.3) is 5.95 Å². The van der Waals surface area contributed by atoms with Crippen molar-refractivity contribution in [3.63, 3.8) is 0 Å². The fourth-order valence-corrected chi connectivity index (χ4v) is 4.15. The number of carbonyl (C=O) groups excluding carboxylic acids is 1. The molecule has 0 saturated carbocycles. The van der Waals surface area contributed by atoms with Crippen LogP contribution in [0.2, 0.25) is 5.02 Å². The van der Waals surface area contributed by atoms with Gasteiger partial charge in [0.05, 0.1) is 12.2 Å². The molecule has 3 aliphatic rings. The van der Waals surface area contributed by atoms with E-state index in [-0.39, 0.29) is 11.4 Å². The van der Waals surface area contributed by atoms with Crippen LogP contribution in [-0.4, -0.2) is 60.4 Å². The van der Waals surface area contributed by atoms with Crippen LogP contribution in [0.25, 0.3) is 0 Å². The maximum atomic E-state index is 12.9. The van der Waals surface area contributed by atoms with Crippen LogP contribution in [0.4, 0.5) is 16.4 Å². The summed E-state index contributed by atoms with van der Waals surface area (Å²) in [6.07, 6.45) is 0. The Bertz CT molecular complexity index is 871. The summed E-state index contributed by atoms with van der Waals surface area (Å²) in [7, 11) is 0. The van der Waals surface area contributed by atoms with Crippen LogP contribution in [0.3, 0.4) is 0 Å². The lowest BCUT2D eigenvalue weighted by molar-refractivity contribution is 0.00866. The molecule has 2 saturated heterocycles. The van der Waals surface area contributed by atoms with E-state index in [1.807, 2.05) is 11.0 Å². The van der Waals surface area contributed by atoms with E-state index < -0.39 is 0 Å². The van der Waals surface area contributed by atoms with E-state index in [9.17, 15) is 4.79 Å². The number of nitrogens with zero attached hydrogens (tertiary/aromatic N) is 5. The molecule has 2 aromatic rings. The zero-order valence-corrected chi connectivity index (χ0v) is 15.1. The number of amides is 2. The predicted octanol–water partition coefficient (Wildman–Crippen LogP) is 2.17. The van der Waals surface area contributed by atoms with Gasteiger partial charge in [-0.25, -0.2) is 4.79 Å². The Kier molecular flexibility index (Phi) is 3.34. The molecule has 8 nitrogen and oxygen atoms in total. The van der Waals surface area contributed by atoms with Gasteiger partial charge in [0.15, 0.2) is 0 Å². The molecular weight excluding hydrogens is 358 g/mol. The van der Waals surface area contributed by atoms with Crippen LogP contribution in [0.1, 0.15) is 5.89 Å². The highest BCUT2D eigenvalue weighted by Gasteiger charge is 2.55. The molecule has 4 heterocycles. The molecular formula is C17H18ClN5O3. The van der Waals surface area contributed by atoms with Crippen molar-refractivity contribution in [3.8, 4) is 5.75 Å². The summed E-state index contributed by atoms with van der Waals surface area (Å²) in [6, 6.07) is 5.40. The second-order valence-corrected chi connectivity index (χ2v) is 7.66. The second-order valence-electron chi connectivity index (χ2n) is 7.22. The van der Waals surface area contributed by atoms with Gasteiger partial charge >= 0.3 is 6.03 Å². The number of urea groups is 1. The topological polar surface area (TPSA) is 74.9 Å². The molecule has 5 rings (SSSR count). The molecule has 1 aromatic carbocycles. The van der Waals surface area contributed by atoms with Crippen molar-refractivity contribution in [1.82, 2.24) is 15.0 Å². The Labute approximate surface area is 155 Å². The highest BCUT2D eigenvalue weighted by Crippen LogP contribution is 2.42. The summed E-state index contributed by atoms with van der Waals surface area (Å²) in [5, 5.41) is 4.55. The van der Waals surface area contributed by atoms with Gasteiger partial charge in [-0.2, -0.15) is 4.98 Å². The number of carbonyl (C=O) groups is 1. The first-order chi connectivity index (χ1) is 12.5. The van der Waals surface area contributed by atoms with Gasteiger partial charge in [0.1, 0.15) is 12.4 Å². The van der Waals surface area contributed by atoms with Crippen molar-refractivity contribution in [2.75, 3.05) is 49.1 Å². The van der Waals surface area contributed by atoms with Crippen LogP contribution < -0.4 is 14.5 Å². The average Bonchev–Trinajstić information content (AvgIpc) is 2.97. The average molecular weight is 376 g/mol. The summed E-state index contributed by atoms with van der Waals surface area (Å²) < 4.78 is 10.7. The molecule has 136 valence electrons. The maximum Gasteiger partial charge on any atom is 0.324 e. The number of aryl methyl sites for hydroxylation is 1. The monoisotopic (exact) mass is 375 g/mol. The fourth-order valence-electron chi connectivity index (χ4n) is 3.98. The van der Waals surface area contributed by atoms with Gasteiger partial charge in [-0.05, 0) is 17.3 Å². The minimum absolute atomic E-state index is 0.0244. The zero-order chi connectivity index (χ0) is 17.9. The van der Waals surface area contributed by atoms with Crippen LogP contribution in [0.15, 0.2) is 22.7 Å². The van der Waals surface area contributed by atoms with Gasteiger partial charge in [-0.1, -0.05) is 11.6 Å². The molecule has 1 aromatic heterocycles. The molecule has 0 unspecified atom stereocenters. The molecule has 3 aliphatic heterocycles. The van der Waals surface area contributed by atoms with E-state index in [0.29, 0.717) is 35.8 Å². The molecule has 0 radical (unpaired) electrons. The quantitative estimate of drug-likeness (QED) is 0.760. The number of hydrogen-bond acceptors (Lipinski definition) is 6. The first-order valence-electron chi connectivity index (χ1n) is 8.57. The predicted molar refractivity (Wildman–Crippen MR) is 94.9 cm³/mol. The molecule has 0 atom stereocenters. The van der Waals surface area contributed by atoms with Crippen molar-refractivity contribution in [2.24, 2.45) is 5.41 Å². The summed E-state index contributed by atoms with van der Waals surface area (Å²) >= 11 is 6.02. The standard InChI is InChI=1S/C17H18ClN5O3/c1-11-19-15(20-26-11)21-7-17(8-21)9-22(10-17)16(24)23-4-5-25-14-6-12(18)2-3-13(14)23/h2-3,6H,4-5,7-10H2,1H3. The minimum Gasteiger partial charge on any atom is -0.489 e. The third-order valence-electron chi connectivity index (χ3n) is 5.19. The summed E-state index contributed by atoms with van der Waals surface area (Å²) in [5.41, 5.74) is 0.934. The molecule has 0 aliphatic carbocycles. The van der Waals surface area contributed by atoms with Gasteiger partial charge in [-0.3, -0.25) is 4.90 Å². The zero-order valence-electron chi connectivity index (χ0n) is 14.3. The van der Waals surface area contributed by atoms with Crippen LogP contribution in [0, 0.1) is 12.3 Å². The van der Waals surface area contributed by atoms with Crippen LogP contribution >= 0.6 is 11.6 Å². The number of rotatable bonds is 1. The van der Waals surface area contributed by atoms with E-state index >= 15 is 0 Å². The number of hydrogen-bond donors (Lipinski definition) is 0. The Morgan fingerprint density at radius 3 is 2.81 bits per heavy atom. The Morgan fingerprint density at radius 2 is 2.08 bits per heavy atom. The number of fused-ring (bicyclic) bond motifs is 1. The van der Waals surface area contributed by atoms with E-state index in [2.05, 4.69) is 15.0 Å². The largest absolute Gasteiger partial charge is 0.489 e. The van der Waals surface area contributed by atoms with E-state index in [1.54, 1.807) is 24.0 Å². The van der Waals surface area contributed by atoms with Crippen molar-refractivity contribution in [2.45, 2.75) is 6.92 Å². The number of benzene rings is 1. The molecule has 9 heteroatoms. The number of ether oxygens (including phenoxy) is 1. The lowest BCUT2D eigenvalue weighted by atomic mass is 9.73. The molecule has 1 spiro atoms. The number of anilines is 2. The first kappa shape index (κ1) is 15.7. The third kappa shape index (κ3) is 2.39. The fraction of sp³-hybridized carbons (Fsp3) is 0.471. The number of likely N-dealkylation sites (tertiary alicyclic amines) is 1. The Morgan fingerprint density at radius 1 is 1.27 bits per heavy atom. The van der Waals surface area contributed by atoms with Gasteiger partial charge in [0, 0.05) is 49.6 Å². The van der Waals surface area contributed by atoms with Crippen molar-refractivity contribution >= 4 is 29.3 Å². The summed E-state index contributed by atoms with van der Waals surface area (Å²) in [6.45, 7) is 6.01. The van der Waals surface area contributed by atoms with E-state index in [0.717, 1.165) is 31.9 Å². The highest BCUT2D eigenvalue weighted by molar-refractivity contribution is 6.30. The molecule has 26 heavy (non-hydrogen) atoms. The lowest BCUT2D eigenvalue weighted by Crippen LogP contribution is -2.74. The Balaban J connectivity index is 1.23. The van der Waals surface area contributed by atoms with Crippen molar-refractivity contribution < 1.29 is 14.1 Å². The van der Waals surface area contributed by atoms with Gasteiger partial charge in [0.2, 0.25) is 5.89 Å². The van der Waals surface area contributed by atoms with Gasteiger partial charge in [-0.15, -0.1) is 0 Å². The molecule has 0 N–H and O–H groups in total. The van der Waals surface area contributed by atoms with Crippen molar-refractivity contribution in [3.05, 3.63) is 29.1 Å². The third-order valence-corrected chi connectivity index (χ3v) is 5.43. The minimum atomic E-state index is 0.0244. The van der Waals surface area contributed by atoms with E-state index in [4.69, 9.17) is 20.9 Å². The molecule has 0 bridgehead atoms. The van der Waals surface area contributed by atoms with Crippen molar-refractivity contribution in [1.29, 1.82) is 0 Å². The van der Waals surface area contributed by atoms with Crippen LogP contribution in [0.5, 0.6) is 5.75 Å². The number of halogens is 1. The molecule has 2 fully saturated rings. The SMILES string of the molecule is Cc1nc(N2CC3(CN(C(=O)N4CCOc5cc(Cl)ccc54)C3)C2)no1. The van der Waals surface area contributed by atoms with Gasteiger partial charge < -0.3 is 19.1 Å². The second kappa shape index (κ2) is 5.51. The number of aromatic nitrogens is 2.